The number of hydrogen-bond acceptors (Lipinski definition) is 2. The Balaban J connectivity index is 2.03. The molecule has 0 amide bonds. The number of rotatable bonds is 4. The van der Waals surface area contributed by atoms with Gasteiger partial charge in [-0.05, 0) is 55.2 Å². The first kappa shape index (κ1) is 17.5. The van der Waals surface area contributed by atoms with Crippen LogP contribution in [-0.4, -0.2) is 12.1 Å². The first-order valence-corrected chi connectivity index (χ1v) is 9.13. The van der Waals surface area contributed by atoms with E-state index in [2.05, 4.69) is 36.7 Å². The largest absolute Gasteiger partial charge is 0.462 e. The molecule has 122 valence electrons. The molecule has 1 saturated carbocycles. The highest BCUT2D eigenvalue weighted by molar-refractivity contribution is 9.10. The summed E-state index contributed by atoms with van der Waals surface area (Å²) in [5, 5.41) is 0. The number of hydrogen-bond donors (Lipinski definition) is 0. The fourth-order valence-corrected chi connectivity index (χ4v) is 3.65. The lowest BCUT2D eigenvalue weighted by atomic mass is 9.75. The average molecular weight is 367 g/mol. The van der Waals surface area contributed by atoms with E-state index < -0.39 is 0 Å². The van der Waals surface area contributed by atoms with Crippen molar-refractivity contribution in [3.8, 4) is 0 Å². The van der Waals surface area contributed by atoms with Crippen LogP contribution in [0.4, 0.5) is 0 Å². The third-order valence-electron chi connectivity index (χ3n) is 4.95. The Morgan fingerprint density at radius 1 is 1.18 bits per heavy atom. The predicted molar refractivity (Wildman–Crippen MR) is 93.8 cm³/mol. The zero-order chi connectivity index (χ0) is 16.3. The molecule has 0 spiro atoms. The van der Waals surface area contributed by atoms with Crippen LogP contribution in [0.3, 0.4) is 0 Å². The minimum absolute atomic E-state index is 0.0779. The Morgan fingerprint density at radius 3 is 2.41 bits per heavy atom. The number of carbonyl (C=O) groups is 1. The summed E-state index contributed by atoms with van der Waals surface area (Å²) in [6, 6.07) is 7.91. The third-order valence-corrected chi connectivity index (χ3v) is 5.48. The maximum atomic E-state index is 12.5. The summed E-state index contributed by atoms with van der Waals surface area (Å²) in [5.74, 6) is 1.41. The van der Waals surface area contributed by atoms with Gasteiger partial charge >= 0.3 is 5.97 Å². The first-order chi connectivity index (χ1) is 10.4. The summed E-state index contributed by atoms with van der Waals surface area (Å²) in [4.78, 5) is 12.5. The van der Waals surface area contributed by atoms with E-state index in [0.717, 1.165) is 16.5 Å². The van der Waals surface area contributed by atoms with Crippen molar-refractivity contribution in [2.24, 2.45) is 17.8 Å². The van der Waals surface area contributed by atoms with Gasteiger partial charge in [0, 0.05) is 4.47 Å². The van der Waals surface area contributed by atoms with Crippen molar-refractivity contribution in [2.45, 2.75) is 59.0 Å². The Kier molecular flexibility index (Phi) is 6.08. The van der Waals surface area contributed by atoms with Crippen molar-refractivity contribution in [3.63, 3.8) is 0 Å². The van der Waals surface area contributed by atoms with E-state index in [1.807, 2.05) is 31.2 Å². The van der Waals surface area contributed by atoms with Gasteiger partial charge in [0.15, 0.2) is 0 Å². The van der Waals surface area contributed by atoms with Crippen LogP contribution in [0.25, 0.3) is 0 Å². The first-order valence-electron chi connectivity index (χ1n) is 8.34. The number of benzene rings is 1. The van der Waals surface area contributed by atoms with Crippen molar-refractivity contribution in [2.75, 3.05) is 0 Å². The summed E-state index contributed by atoms with van der Waals surface area (Å²) in [7, 11) is 0. The lowest BCUT2D eigenvalue weighted by Crippen LogP contribution is -2.36. The number of ether oxygens (including phenoxy) is 1. The quantitative estimate of drug-likeness (QED) is 0.652. The second kappa shape index (κ2) is 7.63. The Labute approximate surface area is 142 Å². The van der Waals surface area contributed by atoms with E-state index >= 15 is 0 Å². The molecule has 1 aliphatic rings. The molecule has 0 N–H and O–H groups in total. The fraction of sp³-hybridized carbons (Fsp3) is 0.632. The number of esters is 1. The zero-order valence-corrected chi connectivity index (χ0v) is 15.6. The summed E-state index contributed by atoms with van der Waals surface area (Å²) in [6.07, 6.45) is 3.50. The molecule has 0 aliphatic heterocycles. The van der Waals surface area contributed by atoms with E-state index in [1.54, 1.807) is 0 Å². The van der Waals surface area contributed by atoms with Gasteiger partial charge in [0.2, 0.25) is 0 Å². The van der Waals surface area contributed by atoms with Gasteiger partial charge in [-0.3, -0.25) is 4.79 Å². The molecule has 0 saturated heterocycles. The minimum Gasteiger partial charge on any atom is -0.462 e. The van der Waals surface area contributed by atoms with Crippen LogP contribution in [0, 0.1) is 17.8 Å². The SMILES string of the molecule is CC(C(=O)O[C@H]1C[C@@H](C)CC[C@@H]1C(C)C)c1ccc(Br)cc1. The van der Waals surface area contributed by atoms with Gasteiger partial charge in [-0.25, -0.2) is 0 Å². The number of carbonyl (C=O) groups excluding carboxylic acids is 1. The summed E-state index contributed by atoms with van der Waals surface area (Å²) in [6.45, 7) is 8.66. The molecule has 0 aromatic heterocycles. The van der Waals surface area contributed by atoms with E-state index in [-0.39, 0.29) is 18.0 Å². The van der Waals surface area contributed by atoms with Gasteiger partial charge in [-0.15, -0.1) is 0 Å². The summed E-state index contributed by atoms with van der Waals surface area (Å²) >= 11 is 3.43. The lowest BCUT2D eigenvalue weighted by molar-refractivity contribution is -0.157. The van der Waals surface area contributed by atoms with Crippen LogP contribution in [0.2, 0.25) is 0 Å². The van der Waals surface area contributed by atoms with Crippen molar-refractivity contribution in [1.82, 2.24) is 0 Å². The molecule has 3 heteroatoms. The normalized spacial score (nSPS) is 26.7. The van der Waals surface area contributed by atoms with Gasteiger partial charge in [0.25, 0.3) is 0 Å². The Bertz CT molecular complexity index is 495. The lowest BCUT2D eigenvalue weighted by Gasteiger charge is -2.37. The molecule has 1 unspecified atom stereocenters. The van der Waals surface area contributed by atoms with Gasteiger partial charge in [0.05, 0.1) is 5.92 Å². The molecule has 0 radical (unpaired) electrons. The fourth-order valence-electron chi connectivity index (χ4n) is 3.39. The van der Waals surface area contributed by atoms with Crippen LogP contribution >= 0.6 is 15.9 Å². The zero-order valence-electron chi connectivity index (χ0n) is 14.0. The molecule has 4 atom stereocenters. The molecule has 1 fully saturated rings. The molecule has 1 aromatic carbocycles. The summed E-state index contributed by atoms with van der Waals surface area (Å²) in [5.41, 5.74) is 1.01. The topological polar surface area (TPSA) is 26.3 Å². The van der Waals surface area contributed by atoms with E-state index in [0.29, 0.717) is 17.8 Å². The van der Waals surface area contributed by atoms with Gasteiger partial charge in [-0.2, -0.15) is 0 Å². The van der Waals surface area contributed by atoms with Crippen LogP contribution in [-0.2, 0) is 9.53 Å². The molecule has 0 heterocycles. The van der Waals surface area contributed by atoms with E-state index in [4.69, 9.17) is 4.74 Å². The predicted octanol–water partition coefficient (Wildman–Crippen LogP) is 5.56. The van der Waals surface area contributed by atoms with Gasteiger partial charge in [0.1, 0.15) is 6.10 Å². The van der Waals surface area contributed by atoms with Crippen LogP contribution in [0.15, 0.2) is 28.7 Å². The smallest absolute Gasteiger partial charge is 0.313 e. The molecule has 1 aromatic rings. The van der Waals surface area contributed by atoms with Crippen LogP contribution in [0.1, 0.15) is 58.4 Å². The van der Waals surface area contributed by atoms with Crippen LogP contribution in [0.5, 0.6) is 0 Å². The monoisotopic (exact) mass is 366 g/mol. The second-order valence-electron chi connectivity index (χ2n) is 7.07. The minimum atomic E-state index is -0.210. The third kappa shape index (κ3) is 4.34. The van der Waals surface area contributed by atoms with E-state index in [9.17, 15) is 4.79 Å². The van der Waals surface area contributed by atoms with Crippen molar-refractivity contribution < 1.29 is 9.53 Å². The maximum Gasteiger partial charge on any atom is 0.313 e. The molecular formula is C19H27BrO2. The standard InChI is InChI=1S/C19H27BrO2/c1-12(2)17-10-5-13(3)11-18(17)22-19(21)14(4)15-6-8-16(20)9-7-15/h6-9,12-14,17-18H,5,10-11H2,1-4H3/t13-,14?,17+,18-/m0/s1. The molecule has 2 rings (SSSR count). The van der Waals surface area contributed by atoms with Crippen molar-refractivity contribution in [3.05, 3.63) is 34.3 Å². The van der Waals surface area contributed by atoms with E-state index in [1.165, 1.54) is 12.8 Å². The average Bonchev–Trinajstić information content (AvgIpc) is 2.47. The molecule has 1 aliphatic carbocycles. The highest BCUT2D eigenvalue weighted by Crippen LogP contribution is 2.36. The van der Waals surface area contributed by atoms with Gasteiger partial charge < -0.3 is 4.74 Å². The number of halogens is 1. The molecule has 22 heavy (non-hydrogen) atoms. The summed E-state index contributed by atoms with van der Waals surface area (Å²) < 4.78 is 6.96. The molecular weight excluding hydrogens is 340 g/mol. The maximum absolute atomic E-state index is 12.5. The Hall–Kier alpha value is -0.830. The van der Waals surface area contributed by atoms with Gasteiger partial charge in [-0.1, -0.05) is 55.3 Å². The second-order valence-corrected chi connectivity index (χ2v) is 7.99. The van der Waals surface area contributed by atoms with Crippen molar-refractivity contribution >= 4 is 21.9 Å². The molecule has 2 nitrogen and oxygen atoms in total. The van der Waals surface area contributed by atoms with Crippen LogP contribution < -0.4 is 0 Å². The highest BCUT2D eigenvalue weighted by Gasteiger charge is 2.34. The molecule has 0 bridgehead atoms. The Morgan fingerprint density at radius 2 is 1.82 bits per heavy atom. The highest BCUT2D eigenvalue weighted by atomic mass is 79.9. The van der Waals surface area contributed by atoms with Crippen molar-refractivity contribution in [1.29, 1.82) is 0 Å².